The zero-order valence-corrected chi connectivity index (χ0v) is 11.7. The van der Waals surface area contributed by atoms with Crippen LogP contribution < -0.4 is 10.5 Å². The highest BCUT2D eigenvalue weighted by Gasteiger charge is 2.01. The fourth-order valence-corrected chi connectivity index (χ4v) is 2.08. The number of hydrogen-bond donors (Lipinski definition) is 1. The van der Waals surface area contributed by atoms with E-state index < -0.39 is 0 Å². The van der Waals surface area contributed by atoms with E-state index in [1.54, 1.807) is 0 Å². The van der Waals surface area contributed by atoms with Crippen LogP contribution in [-0.4, -0.2) is 6.61 Å². The summed E-state index contributed by atoms with van der Waals surface area (Å²) in [5, 5.41) is 0. The molecular weight excluding hydrogens is 278 g/mol. The van der Waals surface area contributed by atoms with Gasteiger partial charge in [0.2, 0.25) is 0 Å². The Bertz CT molecular complexity index is 352. The molecule has 1 aromatic rings. The minimum Gasteiger partial charge on any atom is -0.492 e. The first-order valence-corrected chi connectivity index (χ1v) is 6.79. The van der Waals surface area contributed by atoms with Gasteiger partial charge in [-0.1, -0.05) is 12.1 Å². The minimum atomic E-state index is 0.556. The van der Waals surface area contributed by atoms with E-state index in [0.29, 0.717) is 6.54 Å². The lowest BCUT2D eigenvalue weighted by Gasteiger charge is -2.09. The van der Waals surface area contributed by atoms with Gasteiger partial charge in [0.25, 0.3) is 0 Å². The van der Waals surface area contributed by atoms with Crippen molar-refractivity contribution in [3.05, 3.63) is 40.9 Å². The molecular formula is C14H20BrNO. The summed E-state index contributed by atoms with van der Waals surface area (Å²) in [6, 6.07) is 5.97. The number of unbranched alkanes of at least 4 members (excludes halogenated alkanes) is 3. The third kappa shape index (κ3) is 5.37. The average Bonchev–Trinajstić information content (AvgIpc) is 2.35. The summed E-state index contributed by atoms with van der Waals surface area (Å²) in [6.07, 6.45) is 6.52. The predicted octanol–water partition coefficient (Wildman–Crippen LogP) is 4.03. The number of hydrogen-bond acceptors (Lipinski definition) is 2. The Labute approximate surface area is 112 Å². The second-order valence-electron chi connectivity index (χ2n) is 3.96. The molecule has 0 heterocycles. The molecule has 2 N–H and O–H groups in total. The summed E-state index contributed by atoms with van der Waals surface area (Å²) in [6.45, 7) is 5.02. The van der Waals surface area contributed by atoms with Crippen molar-refractivity contribution in [1.82, 2.24) is 0 Å². The molecule has 3 heteroatoms. The first-order valence-electron chi connectivity index (χ1n) is 6.00. The lowest BCUT2D eigenvalue weighted by Crippen LogP contribution is -2.00. The van der Waals surface area contributed by atoms with E-state index in [2.05, 4.69) is 22.5 Å². The standard InChI is InChI=1S/C14H20BrNO/c1-2-3-4-5-6-9-17-14-8-7-12(11-16)10-13(14)15/h2,7-8,10H,1,3-6,9,11,16H2. The largest absolute Gasteiger partial charge is 0.492 e. The maximum absolute atomic E-state index is 5.70. The van der Waals surface area contributed by atoms with Crippen LogP contribution in [0.1, 0.15) is 31.2 Å². The van der Waals surface area contributed by atoms with Gasteiger partial charge < -0.3 is 10.5 Å². The highest BCUT2D eigenvalue weighted by molar-refractivity contribution is 9.10. The topological polar surface area (TPSA) is 35.2 Å². The van der Waals surface area contributed by atoms with E-state index >= 15 is 0 Å². The molecule has 0 radical (unpaired) electrons. The zero-order valence-electron chi connectivity index (χ0n) is 10.1. The van der Waals surface area contributed by atoms with Crippen molar-refractivity contribution < 1.29 is 4.74 Å². The van der Waals surface area contributed by atoms with Gasteiger partial charge in [0.1, 0.15) is 5.75 Å². The Balaban J connectivity index is 2.29. The molecule has 0 aromatic heterocycles. The molecule has 0 aliphatic heterocycles. The van der Waals surface area contributed by atoms with Gasteiger partial charge in [0, 0.05) is 6.54 Å². The van der Waals surface area contributed by atoms with Gasteiger partial charge in [-0.15, -0.1) is 6.58 Å². The van der Waals surface area contributed by atoms with E-state index in [4.69, 9.17) is 10.5 Å². The van der Waals surface area contributed by atoms with E-state index in [9.17, 15) is 0 Å². The van der Waals surface area contributed by atoms with E-state index in [1.165, 1.54) is 12.8 Å². The van der Waals surface area contributed by atoms with Gasteiger partial charge in [0.05, 0.1) is 11.1 Å². The number of allylic oxidation sites excluding steroid dienone is 1. The van der Waals surface area contributed by atoms with Gasteiger partial charge in [-0.25, -0.2) is 0 Å². The Kier molecular flexibility index (Phi) is 6.97. The third-order valence-electron chi connectivity index (χ3n) is 2.54. The molecule has 0 atom stereocenters. The number of ether oxygens (including phenoxy) is 1. The second kappa shape index (κ2) is 8.31. The Hall–Kier alpha value is -0.800. The fourth-order valence-electron chi connectivity index (χ4n) is 1.54. The van der Waals surface area contributed by atoms with Crippen LogP contribution in [0.5, 0.6) is 5.75 Å². The molecule has 0 saturated carbocycles. The van der Waals surface area contributed by atoms with Gasteiger partial charge >= 0.3 is 0 Å². The van der Waals surface area contributed by atoms with Crippen LogP contribution in [0, 0.1) is 0 Å². The van der Waals surface area contributed by atoms with Crippen LogP contribution in [-0.2, 0) is 6.54 Å². The van der Waals surface area contributed by atoms with Crippen molar-refractivity contribution >= 4 is 15.9 Å². The molecule has 0 aliphatic rings. The predicted molar refractivity (Wildman–Crippen MR) is 76.2 cm³/mol. The first kappa shape index (κ1) is 14.3. The quantitative estimate of drug-likeness (QED) is 0.581. The van der Waals surface area contributed by atoms with E-state index in [-0.39, 0.29) is 0 Å². The Morgan fingerprint density at radius 3 is 2.76 bits per heavy atom. The molecule has 0 unspecified atom stereocenters. The molecule has 0 spiro atoms. The van der Waals surface area contributed by atoms with Gasteiger partial charge in [-0.05, 0) is 59.3 Å². The van der Waals surface area contributed by atoms with Crippen LogP contribution in [0.15, 0.2) is 35.3 Å². The van der Waals surface area contributed by atoms with Crippen molar-refractivity contribution in [2.75, 3.05) is 6.61 Å². The first-order chi connectivity index (χ1) is 8.27. The molecule has 1 rings (SSSR count). The van der Waals surface area contributed by atoms with Crippen molar-refractivity contribution in [3.63, 3.8) is 0 Å². The van der Waals surface area contributed by atoms with Crippen molar-refractivity contribution in [2.45, 2.75) is 32.2 Å². The summed E-state index contributed by atoms with van der Waals surface area (Å²) < 4.78 is 6.68. The number of rotatable bonds is 8. The summed E-state index contributed by atoms with van der Waals surface area (Å²) in [7, 11) is 0. The van der Waals surface area contributed by atoms with Gasteiger partial charge in [-0.3, -0.25) is 0 Å². The molecule has 17 heavy (non-hydrogen) atoms. The summed E-state index contributed by atoms with van der Waals surface area (Å²) in [4.78, 5) is 0. The zero-order chi connectivity index (χ0) is 12.5. The van der Waals surface area contributed by atoms with Crippen LogP contribution in [0.2, 0.25) is 0 Å². The smallest absolute Gasteiger partial charge is 0.133 e. The summed E-state index contributed by atoms with van der Waals surface area (Å²) in [5.41, 5.74) is 6.67. The summed E-state index contributed by atoms with van der Waals surface area (Å²) in [5.74, 6) is 0.894. The van der Waals surface area contributed by atoms with E-state index in [1.807, 2.05) is 24.3 Å². The lowest BCUT2D eigenvalue weighted by molar-refractivity contribution is 0.303. The third-order valence-corrected chi connectivity index (χ3v) is 3.16. The lowest BCUT2D eigenvalue weighted by atomic mass is 10.2. The maximum atomic E-state index is 5.70. The van der Waals surface area contributed by atoms with Gasteiger partial charge in [0.15, 0.2) is 0 Å². The van der Waals surface area contributed by atoms with Crippen molar-refractivity contribution in [1.29, 1.82) is 0 Å². The molecule has 2 nitrogen and oxygen atoms in total. The monoisotopic (exact) mass is 297 g/mol. The molecule has 0 saturated heterocycles. The average molecular weight is 298 g/mol. The number of halogens is 1. The van der Waals surface area contributed by atoms with Crippen LogP contribution in [0.25, 0.3) is 0 Å². The minimum absolute atomic E-state index is 0.556. The molecule has 0 aliphatic carbocycles. The van der Waals surface area contributed by atoms with Gasteiger partial charge in [-0.2, -0.15) is 0 Å². The summed E-state index contributed by atoms with van der Waals surface area (Å²) >= 11 is 3.49. The highest BCUT2D eigenvalue weighted by atomic mass is 79.9. The van der Waals surface area contributed by atoms with Crippen LogP contribution in [0.4, 0.5) is 0 Å². The van der Waals surface area contributed by atoms with E-state index in [0.717, 1.165) is 35.2 Å². The fraction of sp³-hybridized carbons (Fsp3) is 0.429. The highest BCUT2D eigenvalue weighted by Crippen LogP contribution is 2.26. The molecule has 1 aromatic carbocycles. The molecule has 0 fully saturated rings. The molecule has 0 bridgehead atoms. The van der Waals surface area contributed by atoms with Crippen molar-refractivity contribution in [3.8, 4) is 5.75 Å². The SMILES string of the molecule is C=CCCCCCOc1ccc(CN)cc1Br. The van der Waals surface area contributed by atoms with Crippen LogP contribution in [0.3, 0.4) is 0 Å². The van der Waals surface area contributed by atoms with Crippen LogP contribution >= 0.6 is 15.9 Å². The number of benzene rings is 1. The number of nitrogens with two attached hydrogens (primary N) is 1. The molecule has 0 amide bonds. The van der Waals surface area contributed by atoms with Crippen molar-refractivity contribution in [2.24, 2.45) is 5.73 Å². The maximum Gasteiger partial charge on any atom is 0.133 e. The molecule has 94 valence electrons. The Morgan fingerprint density at radius 2 is 2.12 bits per heavy atom. The second-order valence-corrected chi connectivity index (χ2v) is 4.81. The Morgan fingerprint density at radius 1 is 1.29 bits per heavy atom. The normalized spacial score (nSPS) is 10.2.